The van der Waals surface area contributed by atoms with E-state index in [9.17, 15) is 0 Å². The summed E-state index contributed by atoms with van der Waals surface area (Å²) < 4.78 is 6.32. The quantitative estimate of drug-likeness (QED) is 0.509. The summed E-state index contributed by atoms with van der Waals surface area (Å²) in [5.41, 5.74) is 2.47. The topological polar surface area (TPSA) is 9.23 Å². The molecule has 0 aliphatic rings. The molecular formula is C19H24OSi. The van der Waals surface area contributed by atoms with Gasteiger partial charge >= 0.3 is 0 Å². The lowest BCUT2D eigenvalue weighted by Crippen LogP contribution is -2.24. The Bertz CT molecular complexity index is 582. The van der Waals surface area contributed by atoms with Crippen molar-refractivity contribution in [3.05, 3.63) is 77.9 Å². The van der Waals surface area contributed by atoms with E-state index in [2.05, 4.69) is 87.2 Å². The third-order valence-corrected chi connectivity index (χ3v) is 4.03. The Kier molecular flexibility index (Phi) is 5.02. The summed E-state index contributed by atoms with van der Waals surface area (Å²) in [7, 11) is -1.64. The fraction of sp³-hybridized carbons (Fsp3) is 0.263. The molecular weight excluding hydrogens is 272 g/mol. The van der Waals surface area contributed by atoms with Crippen molar-refractivity contribution in [3.8, 4) is 0 Å². The summed E-state index contributed by atoms with van der Waals surface area (Å²) in [6.45, 7) is 8.87. The molecule has 110 valence electrons. The molecule has 0 amide bonds. The molecule has 2 aromatic rings. The van der Waals surface area contributed by atoms with Gasteiger partial charge in [0.2, 0.25) is 8.32 Å². The number of allylic oxidation sites excluding steroid dienone is 1. The van der Waals surface area contributed by atoms with Crippen molar-refractivity contribution in [1.29, 1.82) is 0 Å². The molecule has 1 nitrogen and oxygen atoms in total. The molecule has 2 aromatic carbocycles. The summed E-state index contributed by atoms with van der Waals surface area (Å²) in [5, 5.41) is 0. The maximum atomic E-state index is 6.32. The van der Waals surface area contributed by atoms with E-state index in [0.29, 0.717) is 5.92 Å². The first-order chi connectivity index (χ1) is 9.96. The highest BCUT2D eigenvalue weighted by Gasteiger charge is 2.19. The Labute approximate surface area is 129 Å². The number of benzene rings is 2. The van der Waals surface area contributed by atoms with E-state index in [0.717, 1.165) is 11.3 Å². The zero-order valence-corrected chi connectivity index (χ0v) is 14.3. The normalized spacial score (nSPS) is 13.8. The molecule has 1 unspecified atom stereocenters. The van der Waals surface area contributed by atoms with Gasteiger partial charge in [-0.05, 0) is 31.3 Å². The molecule has 0 N–H and O–H groups in total. The van der Waals surface area contributed by atoms with E-state index in [-0.39, 0.29) is 0 Å². The second-order valence-electron chi connectivity index (χ2n) is 6.31. The Hall–Kier alpha value is -1.80. The molecule has 0 spiro atoms. The highest BCUT2D eigenvalue weighted by atomic mass is 28.4. The largest absolute Gasteiger partial charge is 0.544 e. The van der Waals surface area contributed by atoms with Crippen molar-refractivity contribution in [2.24, 2.45) is 0 Å². The Morgan fingerprint density at radius 3 is 1.95 bits per heavy atom. The highest BCUT2D eigenvalue weighted by Crippen LogP contribution is 2.26. The van der Waals surface area contributed by atoms with Gasteiger partial charge in [-0.3, -0.25) is 0 Å². The van der Waals surface area contributed by atoms with Gasteiger partial charge in [0.15, 0.2) is 0 Å². The van der Waals surface area contributed by atoms with Crippen molar-refractivity contribution >= 4 is 14.1 Å². The third kappa shape index (κ3) is 4.90. The molecule has 0 saturated heterocycles. The third-order valence-electron chi connectivity index (χ3n) is 3.20. The molecule has 2 rings (SSSR count). The maximum absolute atomic E-state index is 6.32. The zero-order chi connectivity index (χ0) is 15.3. The minimum absolute atomic E-state index is 0.331. The van der Waals surface area contributed by atoms with Crippen LogP contribution < -0.4 is 0 Å². The average Bonchev–Trinajstić information content (AvgIpc) is 2.47. The van der Waals surface area contributed by atoms with E-state index in [1.807, 2.05) is 6.07 Å². The molecule has 0 radical (unpaired) electrons. The fourth-order valence-corrected chi connectivity index (χ4v) is 3.05. The monoisotopic (exact) mass is 296 g/mol. The second-order valence-corrected chi connectivity index (χ2v) is 10.7. The zero-order valence-electron chi connectivity index (χ0n) is 13.3. The molecule has 0 bridgehead atoms. The second kappa shape index (κ2) is 6.77. The predicted octanol–water partition coefficient (Wildman–Crippen LogP) is 5.68. The van der Waals surface area contributed by atoms with Crippen LogP contribution in [0.4, 0.5) is 0 Å². The smallest absolute Gasteiger partial charge is 0.242 e. The van der Waals surface area contributed by atoms with E-state index >= 15 is 0 Å². The Morgan fingerprint density at radius 2 is 1.43 bits per heavy atom. The fourth-order valence-electron chi connectivity index (χ4n) is 2.20. The molecule has 0 aromatic heterocycles. The average molecular weight is 296 g/mol. The molecule has 0 aliphatic heterocycles. The van der Waals surface area contributed by atoms with E-state index in [4.69, 9.17) is 4.43 Å². The van der Waals surface area contributed by atoms with Crippen molar-refractivity contribution in [3.63, 3.8) is 0 Å². The van der Waals surface area contributed by atoms with Crippen LogP contribution in [0.1, 0.15) is 24.0 Å². The van der Waals surface area contributed by atoms with Crippen molar-refractivity contribution in [2.75, 3.05) is 0 Å². The standard InChI is InChI=1S/C19H24OSi/c1-16(17-11-7-5-8-12-17)15-19(20-21(2,3)4)18-13-9-6-10-14-18/h5-16H,1-4H3. The van der Waals surface area contributed by atoms with Crippen LogP contribution in [0.15, 0.2) is 66.7 Å². The maximum Gasteiger partial charge on any atom is 0.242 e. The predicted molar refractivity (Wildman–Crippen MR) is 93.7 cm³/mol. The Balaban J connectivity index is 2.33. The van der Waals surface area contributed by atoms with Crippen molar-refractivity contribution in [2.45, 2.75) is 32.5 Å². The molecule has 0 aliphatic carbocycles. The Morgan fingerprint density at radius 1 is 0.905 bits per heavy atom. The molecule has 2 heteroatoms. The van der Waals surface area contributed by atoms with Gasteiger partial charge < -0.3 is 4.43 Å². The van der Waals surface area contributed by atoms with Crippen LogP contribution in [0.25, 0.3) is 5.76 Å². The van der Waals surface area contributed by atoms with Crippen molar-refractivity contribution in [1.82, 2.24) is 0 Å². The van der Waals surface area contributed by atoms with Gasteiger partial charge in [-0.15, -0.1) is 0 Å². The lowest BCUT2D eigenvalue weighted by atomic mass is 9.99. The van der Waals surface area contributed by atoms with Crippen LogP contribution in [-0.4, -0.2) is 8.32 Å². The van der Waals surface area contributed by atoms with Gasteiger partial charge in [-0.25, -0.2) is 0 Å². The first-order valence-corrected chi connectivity index (χ1v) is 10.9. The van der Waals surface area contributed by atoms with Crippen LogP contribution >= 0.6 is 0 Å². The van der Waals surface area contributed by atoms with E-state index < -0.39 is 8.32 Å². The van der Waals surface area contributed by atoms with Gasteiger partial charge in [-0.1, -0.05) is 67.6 Å². The molecule has 0 fully saturated rings. The minimum Gasteiger partial charge on any atom is -0.544 e. The summed E-state index contributed by atoms with van der Waals surface area (Å²) >= 11 is 0. The van der Waals surface area contributed by atoms with Gasteiger partial charge in [-0.2, -0.15) is 0 Å². The molecule has 0 heterocycles. The summed E-state index contributed by atoms with van der Waals surface area (Å²) in [5.74, 6) is 1.34. The van der Waals surface area contributed by atoms with E-state index in [1.165, 1.54) is 5.56 Å². The summed E-state index contributed by atoms with van der Waals surface area (Å²) in [6.07, 6.45) is 2.24. The number of rotatable bonds is 5. The van der Waals surface area contributed by atoms with Gasteiger partial charge in [0.25, 0.3) is 0 Å². The highest BCUT2D eigenvalue weighted by molar-refractivity contribution is 6.70. The van der Waals surface area contributed by atoms with Crippen molar-refractivity contribution < 1.29 is 4.43 Å². The van der Waals surface area contributed by atoms with E-state index in [1.54, 1.807) is 0 Å². The lowest BCUT2D eigenvalue weighted by Gasteiger charge is -2.23. The number of hydrogen-bond donors (Lipinski definition) is 0. The SMILES string of the molecule is CC(C=C(O[Si](C)(C)C)c1ccccc1)c1ccccc1. The van der Waals surface area contributed by atoms with Gasteiger partial charge in [0.05, 0.1) is 0 Å². The summed E-state index contributed by atoms with van der Waals surface area (Å²) in [6, 6.07) is 20.9. The van der Waals surface area contributed by atoms with Gasteiger partial charge in [0.1, 0.15) is 5.76 Å². The van der Waals surface area contributed by atoms with Gasteiger partial charge in [0, 0.05) is 11.5 Å². The minimum atomic E-state index is -1.64. The van der Waals surface area contributed by atoms with Crippen LogP contribution in [0.5, 0.6) is 0 Å². The number of hydrogen-bond acceptors (Lipinski definition) is 1. The molecule has 21 heavy (non-hydrogen) atoms. The lowest BCUT2D eigenvalue weighted by molar-refractivity contribution is 0.511. The summed E-state index contributed by atoms with van der Waals surface area (Å²) in [4.78, 5) is 0. The van der Waals surface area contributed by atoms with Crippen LogP contribution in [-0.2, 0) is 4.43 Å². The first kappa shape index (κ1) is 15.6. The molecule has 1 atom stereocenters. The van der Waals surface area contributed by atoms with Crippen LogP contribution in [0.3, 0.4) is 0 Å². The first-order valence-electron chi connectivity index (χ1n) is 7.47. The van der Waals surface area contributed by atoms with Crippen LogP contribution in [0.2, 0.25) is 19.6 Å². The molecule has 0 saturated carbocycles. The van der Waals surface area contributed by atoms with Crippen LogP contribution in [0, 0.1) is 0 Å².